The van der Waals surface area contributed by atoms with Crippen LogP contribution in [0.5, 0.6) is 0 Å². The normalized spacial score (nSPS) is 20.0. The summed E-state index contributed by atoms with van der Waals surface area (Å²) in [6.45, 7) is 11.1. The minimum absolute atomic E-state index is 0.525. The van der Waals surface area contributed by atoms with Crippen molar-refractivity contribution in [3.63, 3.8) is 0 Å². The Labute approximate surface area is 112 Å². The molecule has 0 amide bonds. The third-order valence-corrected chi connectivity index (χ3v) is 3.66. The van der Waals surface area contributed by atoms with E-state index in [9.17, 15) is 5.11 Å². The molecule has 108 valence electrons. The Kier molecular flexibility index (Phi) is 6.61. The van der Waals surface area contributed by atoms with E-state index >= 15 is 0 Å². The van der Waals surface area contributed by atoms with E-state index in [4.69, 9.17) is 4.74 Å². The van der Waals surface area contributed by atoms with E-state index in [0.717, 1.165) is 12.8 Å². The molecule has 0 aromatic heterocycles. The van der Waals surface area contributed by atoms with Gasteiger partial charge in [-0.05, 0) is 24.7 Å². The molecule has 0 aromatic carbocycles. The molecule has 0 aliphatic carbocycles. The van der Waals surface area contributed by atoms with Gasteiger partial charge in [-0.25, -0.2) is 0 Å². The third-order valence-electron chi connectivity index (χ3n) is 3.66. The largest absolute Gasteiger partial charge is 0.388 e. The second-order valence-corrected chi connectivity index (χ2v) is 6.67. The maximum Gasteiger partial charge on any atom is 0.0815 e. The Bertz CT molecular complexity index is 213. The number of aliphatic hydroxyl groups is 1. The maximum absolute atomic E-state index is 10.4. The lowest BCUT2D eigenvalue weighted by molar-refractivity contribution is -0.0632. The zero-order chi connectivity index (χ0) is 13.6. The molecule has 2 N–H and O–H groups in total. The molecule has 1 saturated heterocycles. The van der Waals surface area contributed by atoms with Crippen molar-refractivity contribution in [3.8, 4) is 0 Å². The lowest BCUT2D eigenvalue weighted by Gasteiger charge is -2.34. The first kappa shape index (κ1) is 15.9. The highest BCUT2D eigenvalue weighted by Gasteiger charge is 2.30. The SMILES string of the molecule is CC(C)CC(CC(C)C)NCC1(O)CCOCC1. The van der Waals surface area contributed by atoms with Gasteiger partial charge in [-0.1, -0.05) is 27.7 Å². The zero-order valence-electron chi connectivity index (χ0n) is 12.5. The second kappa shape index (κ2) is 7.46. The van der Waals surface area contributed by atoms with Crippen LogP contribution in [0.2, 0.25) is 0 Å². The van der Waals surface area contributed by atoms with E-state index < -0.39 is 5.60 Å². The fourth-order valence-electron chi connectivity index (χ4n) is 2.66. The Hall–Kier alpha value is -0.120. The average Bonchev–Trinajstić information content (AvgIpc) is 2.26. The second-order valence-electron chi connectivity index (χ2n) is 6.67. The topological polar surface area (TPSA) is 41.5 Å². The number of rotatable bonds is 7. The van der Waals surface area contributed by atoms with Gasteiger partial charge in [-0.2, -0.15) is 0 Å². The van der Waals surface area contributed by atoms with Gasteiger partial charge in [0.05, 0.1) is 5.60 Å². The number of nitrogens with one attached hydrogen (secondary N) is 1. The maximum atomic E-state index is 10.4. The standard InChI is InChI=1S/C15H31NO2/c1-12(2)9-14(10-13(3)4)16-11-15(17)5-7-18-8-6-15/h12-14,16-17H,5-11H2,1-4H3. The van der Waals surface area contributed by atoms with Gasteiger partial charge in [-0.3, -0.25) is 0 Å². The van der Waals surface area contributed by atoms with E-state index in [0.29, 0.717) is 37.6 Å². The minimum Gasteiger partial charge on any atom is -0.388 e. The van der Waals surface area contributed by atoms with Gasteiger partial charge in [0.15, 0.2) is 0 Å². The van der Waals surface area contributed by atoms with Gasteiger partial charge in [0.1, 0.15) is 0 Å². The van der Waals surface area contributed by atoms with Crippen LogP contribution in [-0.2, 0) is 4.74 Å². The molecule has 0 saturated carbocycles. The van der Waals surface area contributed by atoms with Gasteiger partial charge < -0.3 is 15.2 Å². The molecule has 18 heavy (non-hydrogen) atoms. The van der Waals surface area contributed by atoms with E-state index in [1.807, 2.05) is 0 Å². The molecule has 1 rings (SSSR count). The van der Waals surface area contributed by atoms with Crippen LogP contribution in [0.3, 0.4) is 0 Å². The number of ether oxygens (including phenoxy) is 1. The van der Waals surface area contributed by atoms with Crippen molar-refractivity contribution in [1.82, 2.24) is 5.32 Å². The summed E-state index contributed by atoms with van der Waals surface area (Å²) in [4.78, 5) is 0. The van der Waals surface area contributed by atoms with Gasteiger partial charge in [-0.15, -0.1) is 0 Å². The summed E-state index contributed by atoms with van der Waals surface area (Å²) < 4.78 is 5.31. The van der Waals surface area contributed by atoms with E-state index in [-0.39, 0.29) is 0 Å². The number of hydrogen-bond acceptors (Lipinski definition) is 3. The first-order chi connectivity index (χ1) is 8.41. The fourth-order valence-corrected chi connectivity index (χ4v) is 2.66. The van der Waals surface area contributed by atoms with Crippen molar-refractivity contribution in [1.29, 1.82) is 0 Å². The molecule has 0 radical (unpaired) electrons. The molecule has 1 heterocycles. The molecule has 1 aliphatic rings. The van der Waals surface area contributed by atoms with Crippen molar-refractivity contribution >= 4 is 0 Å². The third kappa shape index (κ3) is 6.17. The Morgan fingerprint density at radius 3 is 2.00 bits per heavy atom. The van der Waals surface area contributed by atoms with Crippen molar-refractivity contribution in [2.45, 2.75) is 65.0 Å². The van der Waals surface area contributed by atoms with Crippen molar-refractivity contribution < 1.29 is 9.84 Å². The summed E-state index contributed by atoms with van der Waals surface area (Å²) in [7, 11) is 0. The molecule has 1 aliphatic heterocycles. The molecule has 0 bridgehead atoms. The number of hydrogen-bond donors (Lipinski definition) is 2. The van der Waals surface area contributed by atoms with Crippen LogP contribution in [0.25, 0.3) is 0 Å². The summed E-state index contributed by atoms with van der Waals surface area (Å²) >= 11 is 0. The van der Waals surface area contributed by atoms with Crippen LogP contribution < -0.4 is 5.32 Å². The van der Waals surface area contributed by atoms with Crippen molar-refractivity contribution in [3.05, 3.63) is 0 Å². The van der Waals surface area contributed by atoms with Gasteiger partial charge in [0.25, 0.3) is 0 Å². The van der Waals surface area contributed by atoms with E-state index in [1.165, 1.54) is 12.8 Å². The van der Waals surface area contributed by atoms with Crippen LogP contribution >= 0.6 is 0 Å². The fraction of sp³-hybridized carbons (Fsp3) is 1.00. The summed E-state index contributed by atoms with van der Waals surface area (Å²) in [5.41, 5.74) is -0.551. The van der Waals surface area contributed by atoms with Gasteiger partial charge in [0.2, 0.25) is 0 Å². The molecule has 3 heteroatoms. The summed E-state index contributed by atoms with van der Waals surface area (Å²) in [5, 5.41) is 14.0. The van der Waals surface area contributed by atoms with Crippen LogP contribution in [0, 0.1) is 11.8 Å². The highest BCUT2D eigenvalue weighted by Crippen LogP contribution is 2.21. The average molecular weight is 257 g/mol. The van der Waals surface area contributed by atoms with Gasteiger partial charge >= 0.3 is 0 Å². The molecule has 3 nitrogen and oxygen atoms in total. The molecule has 0 atom stereocenters. The first-order valence-corrected chi connectivity index (χ1v) is 7.45. The smallest absolute Gasteiger partial charge is 0.0815 e. The highest BCUT2D eigenvalue weighted by atomic mass is 16.5. The highest BCUT2D eigenvalue weighted by molar-refractivity contribution is 4.85. The molecular formula is C15H31NO2. The minimum atomic E-state index is -0.551. The van der Waals surface area contributed by atoms with E-state index in [2.05, 4.69) is 33.0 Å². The molecular weight excluding hydrogens is 226 g/mol. The monoisotopic (exact) mass is 257 g/mol. The predicted octanol–water partition coefficient (Wildman–Crippen LogP) is 2.58. The van der Waals surface area contributed by atoms with E-state index in [1.54, 1.807) is 0 Å². The lowest BCUT2D eigenvalue weighted by atomic mass is 9.91. The molecule has 0 unspecified atom stereocenters. The molecule has 0 spiro atoms. The molecule has 0 aromatic rings. The Morgan fingerprint density at radius 1 is 1.06 bits per heavy atom. The zero-order valence-corrected chi connectivity index (χ0v) is 12.5. The van der Waals surface area contributed by atoms with Crippen molar-refractivity contribution in [2.75, 3.05) is 19.8 Å². The summed E-state index contributed by atoms with van der Waals surface area (Å²) in [6.07, 6.45) is 3.89. The summed E-state index contributed by atoms with van der Waals surface area (Å²) in [5.74, 6) is 1.40. The predicted molar refractivity (Wildman–Crippen MR) is 75.7 cm³/mol. The summed E-state index contributed by atoms with van der Waals surface area (Å²) in [6, 6.07) is 0.525. The molecule has 1 fully saturated rings. The Morgan fingerprint density at radius 2 is 1.56 bits per heavy atom. The lowest BCUT2D eigenvalue weighted by Crippen LogP contribution is -2.48. The van der Waals surface area contributed by atoms with Crippen LogP contribution in [-0.4, -0.2) is 36.5 Å². The first-order valence-electron chi connectivity index (χ1n) is 7.45. The quantitative estimate of drug-likeness (QED) is 0.736. The van der Waals surface area contributed by atoms with Gasteiger partial charge in [0, 0.05) is 38.6 Å². The van der Waals surface area contributed by atoms with Crippen LogP contribution in [0.15, 0.2) is 0 Å². The van der Waals surface area contributed by atoms with Crippen LogP contribution in [0.4, 0.5) is 0 Å². The Balaban J connectivity index is 2.39. The van der Waals surface area contributed by atoms with Crippen molar-refractivity contribution in [2.24, 2.45) is 11.8 Å². The van der Waals surface area contributed by atoms with Crippen LogP contribution in [0.1, 0.15) is 53.4 Å².